The molecule has 0 saturated heterocycles. The van der Waals surface area contributed by atoms with Crippen LogP contribution in [0.5, 0.6) is 0 Å². The average molecular weight is 259 g/mol. The topological polar surface area (TPSA) is 74.6 Å². The third kappa shape index (κ3) is 3.57. The summed E-state index contributed by atoms with van der Waals surface area (Å²) in [7, 11) is 0. The summed E-state index contributed by atoms with van der Waals surface area (Å²) in [6, 6.07) is 3.86. The molecule has 0 spiro atoms. The Kier molecular flexibility index (Phi) is 4.23. The minimum atomic E-state index is -1.42. The number of benzene rings is 1. The molecular weight excluding hydrogens is 251 g/mol. The lowest BCUT2D eigenvalue weighted by molar-refractivity contribution is -0.139. The van der Waals surface area contributed by atoms with E-state index in [0.29, 0.717) is 0 Å². The lowest BCUT2D eigenvalue weighted by Crippen LogP contribution is -2.06. The molecule has 0 aliphatic heterocycles. The van der Waals surface area contributed by atoms with Crippen molar-refractivity contribution < 1.29 is 24.2 Å². The number of carboxylic acids is 2. The zero-order valence-corrected chi connectivity index (χ0v) is 9.24. The smallest absolute Gasteiger partial charge is 0.332 e. The van der Waals surface area contributed by atoms with E-state index in [1.165, 1.54) is 12.1 Å². The fourth-order valence-electron chi connectivity index (χ4n) is 1.17. The Labute approximate surface area is 101 Å². The van der Waals surface area contributed by atoms with E-state index in [0.717, 1.165) is 12.1 Å². The maximum atomic E-state index is 13.3. The number of hydrogen-bond donors (Lipinski definition) is 2. The van der Waals surface area contributed by atoms with Gasteiger partial charge < -0.3 is 10.2 Å². The van der Waals surface area contributed by atoms with Crippen LogP contribution in [0.4, 0.5) is 4.39 Å². The fourth-order valence-corrected chi connectivity index (χ4v) is 1.39. The van der Waals surface area contributed by atoms with E-state index in [4.69, 9.17) is 21.8 Å². The zero-order chi connectivity index (χ0) is 13.0. The Bertz CT molecular complexity index is 476. The van der Waals surface area contributed by atoms with Crippen molar-refractivity contribution in [3.63, 3.8) is 0 Å². The van der Waals surface area contributed by atoms with Crippen LogP contribution in [0.2, 0.25) is 5.02 Å². The molecule has 2 N–H and O–H groups in total. The van der Waals surface area contributed by atoms with Crippen molar-refractivity contribution in [2.24, 2.45) is 0 Å². The maximum absolute atomic E-state index is 13.3. The van der Waals surface area contributed by atoms with E-state index >= 15 is 0 Å². The average Bonchev–Trinajstić information content (AvgIpc) is 2.21. The van der Waals surface area contributed by atoms with Gasteiger partial charge in [-0.3, -0.25) is 4.79 Å². The minimum Gasteiger partial charge on any atom is -0.481 e. The number of carbonyl (C=O) groups is 2. The highest BCUT2D eigenvalue weighted by Crippen LogP contribution is 2.22. The summed E-state index contributed by atoms with van der Waals surface area (Å²) < 4.78 is 13.3. The van der Waals surface area contributed by atoms with Crippen LogP contribution in [0.15, 0.2) is 23.8 Å². The molecular formula is C11H8ClFO4. The molecule has 90 valence electrons. The van der Waals surface area contributed by atoms with Gasteiger partial charge in [0.25, 0.3) is 0 Å². The summed E-state index contributed by atoms with van der Waals surface area (Å²) in [4.78, 5) is 21.2. The SMILES string of the molecule is O=C(O)C/C(=C\c1c(F)cccc1Cl)C(=O)O. The van der Waals surface area contributed by atoms with Gasteiger partial charge in [0.2, 0.25) is 0 Å². The normalized spacial score (nSPS) is 11.3. The maximum Gasteiger partial charge on any atom is 0.332 e. The third-order valence-electron chi connectivity index (χ3n) is 1.93. The molecule has 0 aliphatic rings. The Morgan fingerprint density at radius 1 is 1.35 bits per heavy atom. The van der Waals surface area contributed by atoms with Crippen molar-refractivity contribution in [3.05, 3.63) is 40.2 Å². The van der Waals surface area contributed by atoms with Crippen LogP contribution in [-0.2, 0) is 9.59 Å². The van der Waals surface area contributed by atoms with Gasteiger partial charge in [0.1, 0.15) is 5.82 Å². The van der Waals surface area contributed by atoms with Gasteiger partial charge in [-0.25, -0.2) is 9.18 Å². The summed E-state index contributed by atoms with van der Waals surface area (Å²) in [6.45, 7) is 0. The summed E-state index contributed by atoms with van der Waals surface area (Å²) >= 11 is 5.69. The molecule has 0 heterocycles. The monoisotopic (exact) mass is 258 g/mol. The molecule has 4 nitrogen and oxygen atoms in total. The summed E-state index contributed by atoms with van der Waals surface area (Å²) in [6.07, 6.45) is 0.216. The van der Waals surface area contributed by atoms with Gasteiger partial charge in [0.15, 0.2) is 0 Å². The Morgan fingerprint density at radius 2 is 2.00 bits per heavy atom. The van der Waals surface area contributed by atoms with E-state index in [1.807, 2.05) is 0 Å². The van der Waals surface area contributed by atoms with E-state index in [-0.39, 0.29) is 10.6 Å². The van der Waals surface area contributed by atoms with Gasteiger partial charge in [0, 0.05) is 11.1 Å². The summed E-state index contributed by atoms with van der Waals surface area (Å²) in [5, 5.41) is 17.3. The predicted molar refractivity (Wildman–Crippen MR) is 59.3 cm³/mol. The number of carboxylic acid groups (broad SMARTS) is 2. The minimum absolute atomic E-state index is 0.0224. The van der Waals surface area contributed by atoms with Crippen molar-refractivity contribution in [2.75, 3.05) is 0 Å². The molecule has 0 atom stereocenters. The number of rotatable bonds is 4. The highest BCUT2D eigenvalue weighted by Gasteiger charge is 2.14. The second-order valence-corrected chi connectivity index (χ2v) is 3.59. The van der Waals surface area contributed by atoms with Crippen LogP contribution < -0.4 is 0 Å². The lowest BCUT2D eigenvalue weighted by Gasteiger charge is -2.02. The zero-order valence-electron chi connectivity index (χ0n) is 8.48. The molecule has 0 radical (unpaired) electrons. The highest BCUT2D eigenvalue weighted by atomic mass is 35.5. The Balaban J connectivity index is 3.21. The molecule has 6 heteroatoms. The van der Waals surface area contributed by atoms with Gasteiger partial charge in [0.05, 0.1) is 11.4 Å². The van der Waals surface area contributed by atoms with Crippen molar-refractivity contribution in [2.45, 2.75) is 6.42 Å². The van der Waals surface area contributed by atoms with Crippen LogP contribution in [-0.4, -0.2) is 22.2 Å². The third-order valence-corrected chi connectivity index (χ3v) is 2.26. The Hall–Kier alpha value is -1.88. The fraction of sp³-hybridized carbons (Fsp3) is 0.0909. The molecule has 0 unspecified atom stereocenters. The first-order valence-electron chi connectivity index (χ1n) is 4.51. The largest absolute Gasteiger partial charge is 0.481 e. The van der Waals surface area contributed by atoms with Crippen LogP contribution in [0.1, 0.15) is 12.0 Å². The van der Waals surface area contributed by atoms with E-state index < -0.39 is 29.7 Å². The number of hydrogen-bond acceptors (Lipinski definition) is 2. The number of aliphatic carboxylic acids is 2. The summed E-state index contributed by atoms with van der Waals surface area (Å²) in [5.41, 5.74) is -0.572. The van der Waals surface area contributed by atoms with Crippen molar-refractivity contribution in [1.82, 2.24) is 0 Å². The van der Waals surface area contributed by atoms with Gasteiger partial charge in [-0.05, 0) is 18.2 Å². The first kappa shape index (κ1) is 13.2. The first-order valence-corrected chi connectivity index (χ1v) is 4.89. The lowest BCUT2D eigenvalue weighted by atomic mass is 10.1. The van der Waals surface area contributed by atoms with E-state index in [9.17, 15) is 14.0 Å². The van der Waals surface area contributed by atoms with Gasteiger partial charge in [-0.2, -0.15) is 0 Å². The quantitative estimate of drug-likeness (QED) is 0.814. The second-order valence-electron chi connectivity index (χ2n) is 3.18. The molecule has 0 amide bonds. The first-order chi connectivity index (χ1) is 7.91. The van der Waals surface area contributed by atoms with E-state index in [1.54, 1.807) is 0 Å². The molecule has 1 aromatic carbocycles. The molecule has 17 heavy (non-hydrogen) atoms. The molecule has 1 aromatic rings. The predicted octanol–water partition coefficient (Wildman–Crippen LogP) is 2.42. The van der Waals surface area contributed by atoms with E-state index in [2.05, 4.69) is 0 Å². The molecule has 0 bridgehead atoms. The Morgan fingerprint density at radius 3 is 2.47 bits per heavy atom. The van der Waals surface area contributed by atoms with Crippen LogP contribution in [0.25, 0.3) is 6.08 Å². The van der Waals surface area contributed by atoms with Crippen LogP contribution >= 0.6 is 11.6 Å². The standard InChI is InChI=1S/C11H8ClFO4/c12-8-2-1-3-9(13)7(8)4-6(11(16)17)5-10(14)15/h1-4H,5H2,(H,14,15)(H,16,17)/b6-4+. The van der Waals surface area contributed by atoms with Crippen molar-refractivity contribution in [1.29, 1.82) is 0 Å². The van der Waals surface area contributed by atoms with Gasteiger partial charge in [-0.15, -0.1) is 0 Å². The van der Waals surface area contributed by atoms with Gasteiger partial charge in [-0.1, -0.05) is 17.7 Å². The molecule has 0 aliphatic carbocycles. The molecule has 0 aromatic heterocycles. The highest BCUT2D eigenvalue weighted by molar-refractivity contribution is 6.32. The van der Waals surface area contributed by atoms with Crippen molar-refractivity contribution >= 4 is 29.6 Å². The van der Waals surface area contributed by atoms with Crippen molar-refractivity contribution in [3.8, 4) is 0 Å². The molecule has 0 fully saturated rings. The molecule has 1 rings (SSSR count). The summed E-state index contributed by atoms with van der Waals surface area (Å²) in [5.74, 6) is -3.44. The van der Waals surface area contributed by atoms with Gasteiger partial charge >= 0.3 is 11.9 Å². The second kappa shape index (κ2) is 5.45. The van der Waals surface area contributed by atoms with Crippen LogP contribution in [0.3, 0.4) is 0 Å². The number of halogens is 2. The van der Waals surface area contributed by atoms with Crippen LogP contribution in [0, 0.1) is 5.82 Å². The molecule has 0 saturated carbocycles.